The van der Waals surface area contributed by atoms with Crippen LogP contribution in [0.2, 0.25) is 0 Å². The maximum absolute atomic E-state index is 4.89. The van der Waals surface area contributed by atoms with Gasteiger partial charge in [-0.2, -0.15) is 0 Å². The molecule has 0 atom stereocenters. The first-order valence-corrected chi connectivity index (χ1v) is 26.6. The predicted octanol–water partition coefficient (Wildman–Crippen LogP) is 20.4. The first-order chi connectivity index (χ1) is 37.6. The molecule has 18 rings (SSSR count). The summed E-state index contributed by atoms with van der Waals surface area (Å²) in [6, 6.07) is 78.4. The molecule has 2 heteroatoms. The SMILES string of the molecule is Cc1ncccc1-c1c2c(c(-c3cccnc3C)c3ccccc13)-c1ccc3c4ccc5c6c(-c7ccccc7)c7cc8c(cc7c(-c7ccccc7)c6c6ccc(c7ccc-2c1c73)c4c65)c1cccc2cccc8c21. The summed E-state index contributed by atoms with van der Waals surface area (Å²) in [6.45, 7) is 4.30. The average Bonchev–Trinajstić information content (AvgIpc) is 4.17. The van der Waals surface area contributed by atoms with Crippen LogP contribution in [0.25, 0.3) is 185 Å². The van der Waals surface area contributed by atoms with Gasteiger partial charge < -0.3 is 0 Å². The zero-order valence-corrected chi connectivity index (χ0v) is 41.7. The summed E-state index contributed by atoms with van der Waals surface area (Å²) in [5.74, 6) is 0. The van der Waals surface area contributed by atoms with Crippen molar-refractivity contribution in [2.24, 2.45) is 0 Å². The van der Waals surface area contributed by atoms with Gasteiger partial charge in [0.1, 0.15) is 0 Å². The van der Waals surface area contributed by atoms with Crippen LogP contribution in [0.5, 0.6) is 0 Å². The third-order valence-corrected chi connectivity index (χ3v) is 17.8. The molecule has 0 bridgehead atoms. The maximum Gasteiger partial charge on any atom is 0.0451 e. The lowest BCUT2D eigenvalue weighted by molar-refractivity contribution is 1.20. The van der Waals surface area contributed by atoms with Crippen LogP contribution in [-0.2, 0) is 0 Å². The fraction of sp³-hybridized carbons (Fsp3) is 0.0270. The molecule has 0 saturated carbocycles. The highest BCUT2D eigenvalue weighted by molar-refractivity contribution is 6.48. The van der Waals surface area contributed by atoms with E-state index in [0.29, 0.717) is 0 Å². The lowest BCUT2D eigenvalue weighted by atomic mass is 9.82. The topological polar surface area (TPSA) is 25.8 Å². The molecule has 348 valence electrons. The Morgan fingerprint density at radius 1 is 0.224 bits per heavy atom. The Hall–Kier alpha value is -9.76. The fourth-order valence-electron chi connectivity index (χ4n) is 14.9. The van der Waals surface area contributed by atoms with Crippen LogP contribution in [0.3, 0.4) is 0 Å². The van der Waals surface area contributed by atoms with Crippen LogP contribution in [0, 0.1) is 13.8 Å². The van der Waals surface area contributed by atoms with Gasteiger partial charge in [0.2, 0.25) is 0 Å². The van der Waals surface area contributed by atoms with E-state index in [1.807, 2.05) is 12.4 Å². The molecule has 0 saturated heterocycles. The zero-order chi connectivity index (χ0) is 49.7. The fourth-order valence-corrected chi connectivity index (χ4v) is 14.9. The van der Waals surface area contributed by atoms with Crippen LogP contribution in [-0.4, -0.2) is 9.97 Å². The molecule has 15 aromatic carbocycles. The molecular formula is C74H42N2. The second kappa shape index (κ2) is 14.5. The highest BCUT2D eigenvalue weighted by Gasteiger charge is 2.34. The van der Waals surface area contributed by atoms with Gasteiger partial charge in [0.25, 0.3) is 0 Å². The third kappa shape index (κ3) is 4.98. The Labute approximate surface area is 436 Å². The Morgan fingerprint density at radius 3 is 1.09 bits per heavy atom. The molecule has 0 N–H and O–H groups in total. The van der Waals surface area contributed by atoms with Gasteiger partial charge in [0, 0.05) is 34.9 Å². The van der Waals surface area contributed by atoms with Gasteiger partial charge in [-0.3, -0.25) is 9.97 Å². The van der Waals surface area contributed by atoms with Crippen molar-refractivity contribution in [2.45, 2.75) is 13.8 Å². The number of hydrogen-bond donors (Lipinski definition) is 0. The van der Waals surface area contributed by atoms with Gasteiger partial charge in [-0.1, -0.05) is 182 Å². The Kier molecular flexibility index (Phi) is 7.77. The molecule has 1 aliphatic rings. The first kappa shape index (κ1) is 40.7. The van der Waals surface area contributed by atoms with Crippen LogP contribution >= 0.6 is 0 Å². The van der Waals surface area contributed by atoms with Crippen molar-refractivity contribution in [1.29, 1.82) is 0 Å². The van der Waals surface area contributed by atoms with E-state index in [-0.39, 0.29) is 0 Å². The average molecular weight is 959 g/mol. The quantitative estimate of drug-likeness (QED) is 0.130. The molecule has 2 aromatic heterocycles. The Balaban J connectivity index is 1.01. The van der Waals surface area contributed by atoms with Gasteiger partial charge in [0.05, 0.1) is 0 Å². The van der Waals surface area contributed by atoms with E-state index in [0.717, 1.165) is 11.4 Å². The summed E-state index contributed by atoms with van der Waals surface area (Å²) in [7, 11) is 0. The molecule has 0 unspecified atom stereocenters. The number of aromatic nitrogens is 2. The Morgan fingerprint density at radius 2 is 0.618 bits per heavy atom. The number of hydrogen-bond acceptors (Lipinski definition) is 2. The predicted molar refractivity (Wildman–Crippen MR) is 324 cm³/mol. The Bertz CT molecular complexity index is 5080. The van der Waals surface area contributed by atoms with Gasteiger partial charge in [-0.25, -0.2) is 0 Å². The second-order valence-electron chi connectivity index (χ2n) is 21.3. The number of pyridine rings is 2. The summed E-state index contributed by atoms with van der Waals surface area (Å²) in [4.78, 5) is 9.79. The summed E-state index contributed by atoms with van der Waals surface area (Å²) >= 11 is 0. The summed E-state index contributed by atoms with van der Waals surface area (Å²) in [5, 5.41) is 28.7. The number of aryl methyl sites for hydroxylation is 2. The van der Waals surface area contributed by atoms with Gasteiger partial charge in [0.15, 0.2) is 0 Å². The van der Waals surface area contributed by atoms with Crippen LogP contribution < -0.4 is 0 Å². The van der Waals surface area contributed by atoms with E-state index in [4.69, 9.17) is 9.97 Å². The molecule has 0 amide bonds. The molecule has 0 radical (unpaired) electrons. The van der Waals surface area contributed by atoms with Crippen molar-refractivity contribution < 1.29 is 0 Å². The number of fused-ring (bicyclic) bond motifs is 13. The maximum atomic E-state index is 4.89. The molecule has 76 heavy (non-hydrogen) atoms. The highest BCUT2D eigenvalue weighted by Crippen LogP contribution is 2.61. The lowest BCUT2D eigenvalue weighted by Gasteiger charge is -2.21. The third-order valence-electron chi connectivity index (χ3n) is 17.8. The van der Waals surface area contributed by atoms with Crippen molar-refractivity contribution in [3.05, 3.63) is 230 Å². The molecule has 17 aromatic rings. The minimum Gasteiger partial charge on any atom is -0.261 e. The molecule has 0 fully saturated rings. The van der Waals surface area contributed by atoms with E-state index < -0.39 is 0 Å². The van der Waals surface area contributed by atoms with Crippen molar-refractivity contribution >= 4 is 118 Å². The summed E-state index contributed by atoms with van der Waals surface area (Å²) in [6.07, 6.45) is 3.83. The first-order valence-electron chi connectivity index (χ1n) is 26.6. The van der Waals surface area contributed by atoms with E-state index in [9.17, 15) is 0 Å². The number of rotatable bonds is 4. The van der Waals surface area contributed by atoms with Crippen molar-refractivity contribution in [3.63, 3.8) is 0 Å². The molecule has 2 heterocycles. The van der Waals surface area contributed by atoms with E-state index in [2.05, 4.69) is 220 Å². The molecule has 0 spiro atoms. The monoisotopic (exact) mass is 958 g/mol. The van der Waals surface area contributed by atoms with Gasteiger partial charge in [-0.15, -0.1) is 0 Å². The van der Waals surface area contributed by atoms with E-state index in [1.165, 1.54) is 185 Å². The molecule has 2 nitrogen and oxygen atoms in total. The lowest BCUT2D eigenvalue weighted by Crippen LogP contribution is -1.97. The van der Waals surface area contributed by atoms with Crippen molar-refractivity contribution in [1.82, 2.24) is 9.97 Å². The van der Waals surface area contributed by atoms with Crippen molar-refractivity contribution in [3.8, 4) is 66.8 Å². The minimum atomic E-state index is 1.02. The van der Waals surface area contributed by atoms with Crippen molar-refractivity contribution in [2.75, 3.05) is 0 Å². The standard InChI is InChI=1S/C74H42N2/c1-39-44(25-13-35-75-39)65-46-21-9-10-22-47(46)66(45-26-14-36-76-40(45)2)74-57-34-30-53-51-28-32-55-69-54(31-27-50(67(51)69)52-29-33-56(73(65)74)70(57)68(52)53)71-63(42-15-5-3-6-16-42)60-37-58-48-23-11-19-41-20-12-24-49(62(41)48)59(58)38-61(60)64(72(55)71)43-17-7-4-8-18-43/h3-38H,1-2H3. The summed E-state index contributed by atoms with van der Waals surface area (Å²) < 4.78 is 0. The van der Waals surface area contributed by atoms with Crippen LogP contribution in [0.15, 0.2) is 219 Å². The zero-order valence-electron chi connectivity index (χ0n) is 41.7. The highest BCUT2D eigenvalue weighted by atomic mass is 14.7. The second-order valence-corrected chi connectivity index (χ2v) is 21.3. The van der Waals surface area contributed by atoms with E-state index >= 15 is 0 Å². The smallest absolute Gasteiger partial charge is 0.0451 e. The molecule has 0 aliphatic heterocycles. The van der Waals surface area contributed by atoms with Gasteiger partial charge in [-0.05, 0) is 212 Å². The number of benzene rings is 13. The minimum absolute atomic E-state index is 1.02. The largest absolute Gasteiger partial charge is 0.261 e. The van der Waals surface area contributed by atoms with Gasteiger partial charge >= 0.3 is 0 Å². The van der Waals surface area contributed by atoms with E-state index in [1.54, 1.807) is 0 Å². The number of nitrogens with zero attached hydrogens (tertiary/aromatic N) is 2. The molecular weight excluding hydrogens is 917 g/mol. The molecule has 1 aliphatic carbocycles. The van der Waals surface area contributed by atoms with Crippen LogP contribution in [0.4, 0.5) is 0 Å². The summed E-state index contributed by atoms with van der Waals surface area (Å²) in [5.41, 5.74) is 17.0. The normalized spacial score (nSPS) is 12.6. The van der Waals surface area contributed by atoms with Crippen LogP contribution in [0.1, 0.15) is 11.4 Å².